The van der Waals surface area contributed by atoms with Gasteiger partial charge in [0, 0.05) is 32.7 Å². The van der Waals surface area contributed by atoms with Crippen molar-refractivity contribution in [3.05, 3.63) is 64.4 Å². The van der Waals surface area contributed by atoms with Gasteiger partial charge in [0.15, 0.2) is 0 Å². The fourth-order valence-corrected chi connectivity index (χ4v) is 3.66. The van der Waals surface area contributed by atoms with Crippen molar-refractivity contribution in [2.45, 2.75) is 6.04 Å². The van der Waals surface area contributed by atoms with E-state index >= 15 is 0 Å². The maximum Gasteiger partial charge on any atom is 0.255 e. The molecule has 0 unspecified atom stereocenters. The second-order valence-corrected chi connectivity index (χ2v) is 7.34. The second kappa shape index (κ2) is 9.37. The third-order valence-electron chi connectivity index (χ3n) is 5.13. The molecule has 5 nitrogen and oxygen atoms in total. The predicted octanol–water partition coefficient (Wildman–Crippen LogP) is 3.21. The molecule has 1 fully saturated rings. The van der Waals surface area contributed by atoms with Crippen LogP contribution >= 0.6 is 11.6 Å². The Morgan fingerprint density at radius 2 is 1.86 bits per heavy atom. The van der Waals surface area contributed by atoms with Crippen molar-refractivity contribution in [1.82, 2.24) is 15.1 Å². The summed E-state index contributed by atoms with van der Waals surface area (Å²) in [6.45, 7) is 4.06. The van der Waals surface area contributed by atoms with Crippen molar-refractivity contribution in [3.63, 3.8) is 0 Å². The Morgan fingerprint density at radius 1 is 1.18 bits per heavy atom. The fourth-order valence-electron chi connectivity index (χ4n) is 3.41. The number of carbonyl (C=O) groups excluding carboxylic acids is 1. The smallest absolute Gasteiger partial charge is 0.255 e. The molecule has 28 heavy (non-hydrogen) atoms. The zero-order valence-electron chi connectivity index (χ0n) is 16.1. The van der Waals surface area contributed by atoms with Gasteiger partial charge in [-0.2, -0.15) is 0 Å². The minimum Gasteiger partial charge on any atom is -0.497 e. The van der Waals surface area contributed by atoms with Gasteiger partial charge in [0.1, 0.15) is 11.6 Å². The Labute approximate surface area is 170 Å². The number of methoxy groups -OCH3 is 1. The molecule has 2 aromatic rings. The van der Waals surface area contributed by atoms with Crippen LogP contribution < -0.4 is 10.1 Å². The highest BCUT2D eigenvalue weighted by Crippen LogP contribution is 2.25. The molecule has 0 bridgehead atoms. The number of likely N-dealkylation sites (N-methyl/N-ethyl adjacent to an activating group) is 1. The molecule has 7 heteroatoms. The molecular formula is C21H25ClFN3O2. The van der Waals surface area contributed by atoms with Crippen LogP contribution in [-0.4, -0.2) is 62.6 Å². The summed E-state index contributed by atoms with van der Waals surface area (Å²) < 4.78 is 19.3. The van der Waals surface area contributed by atoms with Crippen LogP contribution in [0.15, 0.2) is 42.5 Å². The zero-order valence-corrected chi connectivity index (χ0v) is 16.9. The Balaban J connectivity index is 1.77. The summed E-state index contributed by atoms with van der Waals surface area (Å²) in [5.41, 5.74) is 0.960. The van der Waals surface area contributed by atoms with Crippen molar-refractivity contribution in [3.8, 4) is 5.75 Å². The molecule has 1 aliphatic rings. The summed E-state index contributed by atoms with van der Waals surface area (Å²) in [4.78, 5) is 17.2. The lowest BCUT2D eigenvalue weighted by Crippen LogP contribution is -2.48. The quantitative estimate of drug-likeness (QED) is 0.801. The third-order valence-corrected chi connectivity index (χ3v) is 5.44. The molecule has 1 N–H and O–H groups in total. The molecule has 3 rings (SSSR count). The molecule has 0 saturated carbocycles. The molecule has 1 amide bonds. The largest absolute Gasteiger partial charge is 0.497 e. The van der Waals surface area contributed by atoms with Crippen LogP contribution in [0.1, 0.15) is 22.0 Å². The Morgan fingerprint density at radius 3 is 2.46 bits per heavy atom. The number of hydrogen-bond donors (Lipinski definition) is 1. The van der Waals surface area contributed by atoms with E-state index in [2.05, 4.69) is 22.2 Å². The average Bonchev–Trinajstić information content (AvgIpc) is 2.70. The minimum atomic E-state index is -0.620. The minimum absolute atomic E-state index is 0.0193. The van der Waals surface area contributed by atoms with E-state index in [9.17, 15) is 9.18 Å². The molecule has 1 aliphatic heterocycles. The Kier molecular flexibility index (Phi) is 6.88. The molecule has 0 radical (unpaired) electrons. The van der Waals surface area contributed by atoms with Crippen molar-refractivity contribution >= 4 is 17.5 Å². The molecule has 0 aromatic heterocycles. The van der Waals surface area contributed by atoms with Crippen LogP contribution in [0, 0.1) is 5.82 Å². The number of rotatable bonds is 6. The standard InChI is InChI=1S/C21H25ClFN3O2/c1-25-10-12-26(13-11-25)19(15-6-8-16(28-2)9-7-15)14-24-21(27)20-17(22)4-3-5-18(20)23/h3-9,19H,10-14H2,1-2H3,(H,24,27)/t19-/m0/s1. The molecule has 1 heterocycles. The predicted molar refractivity (Wildman–Crippen MR) is 109 cm³/mol. The van der Waals surface area contributed by atoms with Gasteiger partial charge in [-0.1, -0.05) is 29.8 Å². The van der Waals surface area contributed by atoms with Gasteiger partial charge in [0.05, 0.1) is 23.7 Å². The Hall–Kier alpha value is -2.15. The first-order valence-corrected chi connectivity index (χ1v) is 9.66. The number of piperazine rings is 1. The van der Waals surface area contributed by atoms with Gasteiger partial charge in [-0.25, -0.2) is 4.39 Å². The van der Waals surface area contributed by atoms with E-state index in [1.54, 1.807) is 7.11 Å². The highest BCUT2D eigenvalue weighted by Gasteiger charge is 2.25. The lowest BCUT2D eigenvalue weighted by molar-refractivity contribution is 0.0883. The topological polar surface area (TPSA) is 44.8 Å². The molecule has 2 aromatic carbocycles. The summed E-state index contributed by atoms with van der Waals surface area (Å²) in [5, 5.41) is 2.98. The number of halogens is 2. The lowest BCUT2D eigenvalue weighted by atomic mass is 10.0. The molecule has 1 atom stereocenters. The SMILES string of the molecule is COc1ccc([C@H](CNC(=O)c2c(F)cccc2Cl)N2CCN(C)CC2)cc1. The number of ether oxygens (including phenoxy) is 1. The highest BCUT2D eigenvalue weighted by molar-refractivity contribution is 6.33. The number of hydrogen-bond acceptors (Lipinski definition) is 4. The maximum absolute atomic E-state index is 14.1. The van der Waals surface area contributed by atoms with Crippen LogP contribution in [0.3, 0.4) is 0 Å². The van der Waals surface area contributed by atoms with Crippen molar-refractivity contribution in [1.29, 1.82) is 0 Å². The van der Waals surface area contributed by atoms with Crippen molar-refractivity contribution < 1.29 is 13.9 Å². The number of nitrogens with one attached hydrogen (secondary N) is 1. The normalized spacial score (nSPS) is 16.6. The van der Waals surface area contributed by atoms with E-state index in [4.69, 9.17) is 16.3 Å². The fraction of sp³-hybridized carbons (Fsp3) is 0.381. The van der Waals surface area contributed by atoms with Crippen LogP contribution in [0.4, 0.5) is 4.39 Å². The first kappa shape index (κ1) is 20.6. The van der Waals surface area contributed by atoms with Gasteiger partial charge in [0.2, 0.25) is 0 Å². The van der Waals surface area contributed by atoms with Gasteiger partial charge in [-0.05, 0) is 36.9 Å². The summed E-state index contributed by atoms with van der Waals surface area (Å²) in [6, 6.07) is 12.0. The summed E-state index contributed by atoms with van der Waals surface area (Å²) in [7, 11) is 3.73. The van der Waals surface area contributed by atoms with Gasteiger partial charge < -0.3 is 15.0 Å². The number of benzene rings is 2. The zero-order chi connectivity index (χ0) is 20.1. The molecule has 0 aliphatic carbocycles. The van der Waals surface area contributed by atoms with Gasteiger partial charge >= 0.3 is 0 Å². The highest BCUT2D eigenvalue weighted by atomic mass is 35.5. The number of nitrogens with zero attached hydrogens (tertiary/aromatic N) is 2. The molecule has 1 saturated heterocycles. The van der Waals surface area contributed by atoms with Crippen LogP contribution in [-0.2, 0) is 0 Å². The Bertz CT molecular complexity index is 788. The van der Waals surface area contributed by atoms with Crippen molar-refractivity contribution in [2.75, 3.05) is 46.9 Å². The van der Waals surface area contributed by atoms with Crippen molar-refractivity contribution in [2.24, 2.45) is 0 Å². The molecular weight excluding hydrogens is 381 g/mol. The number of carbonyl (C=O) groups is 1. The molecule has 150 valence electrons. The van der Waals surface area contributed by atoms with E-state index in [-0.39, 0.29) is 16.6 Å². The third kappa shape index (κ3) is 4.82. The van der Waals surface area contributed by atoms with Gasteiger partial charge in [0.25, 0.3) is 5.91 Å². The summed E-state index contributed by atoms with van der Waals surface area (Å²) in [5.74, 6) is -0.343. The number of amides is 1. The van der Waals surface area contributed by atoms with Gasteiger partial charge in [-0.15, -0.1) is 0 Å². The van der Waals surface area contributed by atoms with E-state index in [0.717, 1.165) is 37.5 Å². The van der Waals surface area contributed by atoms with Gasteiger partial charge in [-0.3, -0.25) is 9.69 Å². The van der Waals surface area contributed by atoms with E-state index in [1.807, 2.05) is 24.3 Å². The van der Waals surface area contributed by atoms with E-state index in [0.29, 0.717) is 6.54 Å². The van der Waals surface area contributed by atoms with Crippen LogP contribution in [0.2, 0.25) is 5.02 Å². The first-order chi connectivity index (χ1) is 13.5. The van der Waals surface area contributed by atoms with E-state index in [1.165, 1.54) is 18.2 Å². The maximum atomic E-state index is 14.1. The lowest BCUT2D eigenvalue weighted by Gasteiger charge is -2.38. The monoisotopic (exact) mass is 405 g/mol. The van der Waals surface area contributed by atoms with E-state index < -0.39 is 11.7 Å². The van der Waals surface area contributed by atoms with Crippen LogP contribution in [0.5, 0.6) is 5.75 Å². The summed E-state index contributed by atoms with van der Waals surface area (Å²) >= 11 is 6.02. The molecule has 0 spiro atoms. The second-order valence-electron chi connectivity index (χ2n) is 6.93. The average molecular weight is 406 g/mol. The first-order valence-electron chi connectivity index (χ1n) is 9.28. The summed E-state index contributed by atoms with van der Waals surface area (Å²) in [6.07, 6.45) is 0. The van der Waals surface area contributed by atoms with Crippen LogP contribution in [0.25, 0.3) is 0 Å².